The molecule has 0 bridgehead atoms. The van der Waals surface area contributed by atoms with E-state index in [2.05, 4.69) is 4.98 Å². The lowest BCUT2D eigenvalue weighted by molar-refractivity contribution is -0.136. The van der Waals surface area contributed by atoms with Crippen LogP contribution in [0.3, 0.4) is 0 Å². The van der Waals surface area contributed by atoms with Gasteiger partial charge in [-0.15, -0.1) is 0 Å². The zero-order valence-corrected chi connectivity index (χ0v) is 15.6. The number of aromatic nitrogens is 1. The quantitative estimate of drug-likeness (QED) is 0.653. The van der Waals surface area contributed by atoms with Crippen molar-refractivity contribution in [3.05, 3.63) is 59.9 Å². The summed E-state index contributed by atoms with van der Waals surface area (Å²) >= 11 is 0. The van der Waals surface area contributed by atoms with Crippen LogP contribution >= 0.6 is 0 Å². The number of nitrogens with zero attached hydrogens (tertiary/aromatic N) is 2. The van der Waals surface area contributed by atoms with Crippen LogP contribution in [0.5, 0.6) is 5.75 Å². The molecular weight excluding hydrogens is 332 g/mol. The van der Waals surface area contributed by atoms with E-state index in [-0.39, 0.29) is 18.6 Å². The van der Waals surface area contributed by atoms with Crippen LogP contribution in [0.25, 0.3) is 0 Å². The summed E-state index contributed by atoms with van der Waals surface area (Å²) in [6.45, 7) is 3.49. The smallest absolute Gasteiger partial charge is 0.249 e. The molecule has 26 heavy (non-hydrogen) atoms. The minimum Gasteiger partial charge on any atom is -0.488 e. The number of pyridine rings is 1. The Labute approximate surface area is 154 Å². The predicted octanol–water partition coefficient (Wildman–Crippen LogP) is 2.67. The van der Waals surface area contributed by atoms with E-state index in [4.69, 9.17) is 14.2 Å². The molecule has 1 amide bonds. The first kappa shape index (κ1) is 19.9. The predicted molar refractivity (Wildman–Crippen MR) is 98.8 cm³/mol. The third-order valence-corrected chi connectivity index (χ3v) is 3.75. The molecule has 0 spiro atoms. The number of benzene rings is 1. The Morgan fingerprint density at radius 1 is 1.08 bits per heavy atom. The van der Waals surface area contributed by atoms with Crippen molar-refractivity contribution in [1.29, 1.82) is 0 Å². The fourth-order valence-corrected chi connectivity index (χ4v) is 2.59. The first-order chi connectivity index (χ1) is 12.6. The Morgan fingerprint density at radius 2 is 1.81 bits per heavy atom. The van der Waals surface area contributed by atoms with E-state index < -0.39 is 0 Å². The highest BCUT2D eigenvalue weighted by molar-refractivity contribution is 5.77. The molecule has 0 radical (unpaired) electrons. The van der Waals surface area contributed by atoms with Crippen molar-refractivity contribution in [2.45, 2.75) is 26.1 Å². The fourth-order valence-electron chi connectivity index (χ4n) is 2.59. The van der Waals surface area contributed by atoms with Crippen LogP contribution in [-0.4, -0.2) is 49.3 Å². The molecule has 0 N–H and O–H groups in total. The van der Waals surface area contributed by atoms with Crippen molar-refractivity contribution in [3.63, 3.8) is 0 Å². The van der Waals surface area contributed by atoms with Gasteiger partial charge in [0.05, 0.1) is 6.61 Å². The van der Waals surface area contributed by atoms with E-state index in [1.165, 1.54) is 7.11 Å². The molecule has 0 aliphatic rings. The molecule has 0 saturated carbocycles. The van der Waals surface area contributed by atoms with Crippen LogP contribution in [0.2, 0.25) is 0 Å². The zero-order valence-electron chi connectivity index (χ0n) is 15.6. The molecule has 1 aromatic carbocycles. The van der Waals surface area contributed by atoms with Crippen molar-refractivity contribution >= 4 is 5.91 Å². The highest BCUT2D eigenvalue weighted by atomic mass is 16.5. The summed E-state index contributed by atoms with van der Waals surface area (Å²) in [6.07, 6.45) is 3.40. The molecule has 140 valence electrons. The molecule has 1 aromatic heterocycles. The number of methoxy groups -OCH3 is 2. The Bertz CT molecular complexity index is 679. The zero-order chi connectivity index (χ0) is 18.8. The van der Waals surface area contributed by atoms with E-state index in [1.807, 2.05) is 43.3 Å². The number of amides is 1. The fraction of sp³-hybridized carbons (Fsp3) is 0.400. The first-order valence-corrected chi connectivity index (χ1v) is 8.52. The minimum atomic E-state index is -0.0663. The van der Waals surface area contributed by atoms with Crippen LogP contribution in [0, 0.1) is 0 Å². The number of hydrogen-bond acceptors (Lipinski definition) is 5. The van der Waals surface area contributed by atoms with Gasteiger partial charge in [-0.05, 0) is 42.3 Å². The van der Waals surface area contributed by atoms with E-state index in [9.17, 15) is 4.79 Å². The molecule has 1 heterocycles. The maximum Gasteiger partial charge on any atom is 0.249 e. The molecule has 6 nitrogen and oxygen atoms in total. The second-order valence-electron chi connectivity index (χ2n) is 6.07. The lowest BCUT2D eigenvalue weighted by Gasteiger charge is -2.23. The monoisotopic (exact) mass is 358 g/mol. The van der Waals surface area contributed by atoms with Gasteiger partial charge >= 0.3 is 0 Å². The molecule has 2 rings (SSSR count). The summed E-state index contributed by atoms with van der Waals surface area (Å²) < 4.78 is 16.0. The normalized spacial score (nSPS) is 11.8. The second kappa shape index (κ2) is 10.5. The summed E-state index contributed by atoms with van der Waals surface area (Å²) in [5, 5.41) is 0. The van der Waals surface area contributed by atoms with Crippen molar-refractivity contribution < 1.29 is 19.0 Å². The number of ether oxygens (including phenoxy) is 3. The molecule has 0 aliphatic heterocycles. The Morgan fingerprint density at radius 3 is 2.50 bits per heavy atom. The Kier molecular flexibility index (Phi) is 8.05. The summed E-state index contributed by atoms with van der Waals surface area (Å²) in [5.74, 6) is 0.693. The van der Waals surface area contributed by atoms with Gasteiger partial charge in [0.15, 0.2) is 0 Å². The van der Waals surface area contributed by atoms with Gasteiger partial charge < -0.3 is 19.1 Å². The largest absolute Gasteiger partial charge is 0.488 e. The van der Waals surface area contributed by atoms with E-state index in [0.29, 0.717) is 19.7 Å². The van der Waals surface area contributed by atoms with Crippen LogP contribution < -0.4 is 4.74 Å². The van der Waals surface area contributed by atoms with Gasteiger partial charge in [0.2, 0.25) is 5.91 Å². The van der Waals surface area contributed by atoms with E-state index >= 15 is 0 Å². The third kappa shape index (κ3) is 6.46. The first-order valence-electron chi connectivity index (χ1n) is 8.52. The molecule has 1 atom stereocenters. The van der Waals surface area contributed by atoms with Crippen LogP contribution in [-0.2, 0) is 27.4 Å². The van der Waals surface area contributed by atoms with Gasteiger partial charge in [0.1, 0.15) is 18.5 Å². The summed E-state index contributed by atoms with van der Waals surface area (Å²) in [5.41, 5.74) is 2.01. The summed E-state index contributed by atoms with van der Waals surface area (Å²) in [6, 6.07) is 11.6. The summed E-state index contributed by atoms with van der Waals surface area (Å²) in [7, 11) is 3.17. The standard InChI is InChI=1S/C20H26N2O4/c1-16(14-24-2)26-19-6-4-5-18(11-19)13-22(20(23)15-25-3)12-17-7-9-21-10-8-17/h4-11,16H,12-15H2,1-3H3. The number of hydrogen-bond donors (Lipinski definition) is 0. The van der Waals surface area contributed by atoms with Gasteiger partial charge in [0.25, 0.3) is 0 Å². The van der Waals surface area contributed by atoms with Crippen molar-refractivity contribution in [1.82, 2.24) is 9.88 Å². The lowest BCUT2D eigenvalue weighted by atomic mass is 10.1. The van der Waals surface area contributed by atoms with Crippen molar-refractivity contribution in [2.24, 2.45) is 0 Å². The maximum absolute atomic E-state index is 12.4. The minimum absolute atomic E-state index is 0.0432. The topological polar surface area (TPSA) is 60.9 Å². The summed E-state index contributed by atoms with van der Waals surface area (Å²) in [4.78, 5) is 18.2. The van der Waals surface area contributed by atoms with Crippen LogP contribution in [0.1, 0.15) is 18.1 Å². The maximum atomic E-state index is 12.4. The Balaban J connectivity index is 2.10. The van der Waals surface area contributed by atoms with Gasteiger partial charge in [-0.2, -0.15) is 0 Å². The molecule has 2 aromatic rings. The SMILES string of the molecule is COCC(=O)N(Cc1ccncc1)Cc1cccc(OC(C)COC)c1. The van der Waals surface area contributed by atoms with E-state index in [0.717, 1.165) is 16.9 Å². The Hall–Kier alpha value is -2.44. The van der Waals surface area contributed by atoms with Gasteiger partial charge in [-0.3, -0.25) is 9.78 Å². The average Bonchev–Trinajstić information content (AvgIpc) is 2.63. The highest BCUT2D eigenvalue weighted by Gasteiger charge is 2.15. The average molecular weight is 358 g/mol. The molecule has 6 heteroatoms. The second-order valence-corrected chi connectivity index (χ2v) is 6.07. The van der Waals surface area contributed by atoms with Crippen molar-refractivity contribution in [2.75, 3.05) is 27.4 Å². The molecule has 0 aliphatic carbocycles. The lowest BCUT2D eigenvalue weighted by Crippen LogP contribution is -2.32. The highest BCUT2D eigenvalue weighted by Crippen LogP contribution is 2.18. The van der Waals surface area contributed by atoms with Crippen molar-refractivity contribution in [3.8, 4) is 5.75 Å². The molecular formula is C20H26N2O4. The molecule has 0 fully saturated rings. The number of carbonyl (C=O) groups is 1. The van der Waals surface area contributed by atoms with Crippen LogP contribution in [0.4, 0.5) is 0 Å². The number of rotatable bonds is 10. The molecule has 1 unspecified atom stereocenters. The van der Waals surface area contributed by atoms with Gasteiger partial charge in [0, 0.05) is 39.7 Å². The molecule has 0 saturated heterocycles. The van der Waals surface area contributed by atoms with Gasteiger partial charge in [-0.25, -0.2) is 0 Å². The van der Waals surface area contributed by atoms with Gasteiger partial charge in [-0.1, -0.05) is 12.1 Å². The van der Waals surface area contributed by atoms with Crippen LogP contribution in [0.15, 0.2) is 48.8 Å². The van der Waals surface area contributed by atoms with E-state index in [1.54, 1.807) is 24.4 Å². The number of carbonyl (C=O) groups excluding carboxylic acids is 1. The third-order valence-electron chi connectivity index (χ3n) is 3.75.